The van der Waals surface area contributed by atoms with Gasteiger partial charge in [0.2, 0.25) is 9.84 Å². The molecule has 1 aliphatic rings. The molecular formula is C7H14ClF2NO2S. The van der Waals surface area contributed by atoms with Crippen LogP contribution in [0, 0.1) is 5.92 Å². The van der Waals surface area contributed by atoms with E-state index in [0.717, 1.165) is 13.1 Å². The van der Waals surface area contributed by atoms with E-state index in [9.17, 15) is 17.2 Å². The van der Waals surface area contributed by atoms with Gasteiger partial charge in [-0.3, -0.25) is 0 Å². The Kier molecular flexibility index (Phi) is 5.85. The van der Waals surface area contributed by atoms with Gasteiger partial charge in [0, 0.05) is 0 Å². The third-order valence-electron chi connectivity index (χ3n) is 2.20. The van der Waals surface area contributed by atoms with Crippen LogP contribution in [0.4, 0.5) is 8.78 Å². The lowest BCUT2D eigenvalue weighted by Crippen LogP contribution is -2.32. The second kappa shape index (κ2) is 5.82. The first-order chi connectivity index (χ1) is 6.02. The zero-order valence-electron chi connectivity index (χ0n) is 7.58. The van der Waals surface area contributed by atoms with Gasteiger partial charge in [-0.15, -0.1) is 12.4 Å². The monoisotopic (exact) mass is 249 g/mol. The fraction of sp³-hybridized carbons (Fsp3) is 1.00. The van der Waals surface area contributed by atoms with Crippen molar-refractivity contribution in [3.8, 4) is 0 Å². The Bertz CT molecular complexity index is 252. The number of nitrogens with one attached hydrogen (secondary N) is 1. The highest BCUT2D eigenvalue weighted by atomic mass is 35.5. The molecule has 1 rings (SSSR count). The molecule has 1 saturated heterocycles. The average molecular weight is 250 g/mol. The smallest absolute Gasteiger partial charge is 0.317 e. The second-order valence-electron chi connectivity index (χ2n) is 3.28. The lowest BCUT2D eigenvalue weighted by Gasteiger charge is -2.21. The number of rotatable bonds is 3. The summed E-state index contributed by atoms with van der Waals surface area (Å²) in [5.74, 6) is -3.69. The van der Waals surface area contributed by atoms with E-state index < -0.39 is 15.6 Å². The standard InChI is InChI=1S/C7H13F2NO2S.ClH/c8-7(9)13(11,12)5-6-1-3-10-4-2-6;/h6-7,10H,1-5H2;1H. The SMILES string of the molecule is Cl.O=S(=O)(CC1CCNCC1)C(F)F. The Morgan fingerprint density at radius 1 is 1.29 bits per heavy atom. The molecule has 86 valence electrons. The van der Waals surface area contributed by atoms with Gasteiger partial charge in [0.1, 0.15) is 0 Å². The van der Waals surface area contributed by atoms with Crippen molar-refractivity contribution in [2.45, 2.75) is 18.6 Å². The van der Waals surface area contributed by atoms with Crippen molar-refractivity contribution >= 4 is 22.2 Å². The molecule has 0 bridgehead atoms. The van der Waals surface area contributed by atoms with Crippen molar-refractivity contribution in [3.05, 3.63) is 0 Å². The van der Waals surface area contributed by atoms with Gasteiger partial charge in [-0.25, -0.2) is 8.42 Å². The quantitative estimate of drug-likeness (QED) is 0.813. The highest BCUT2D eigenvalue weighted by Gasteiger charge is 2.28. The van der Waals surface area contributed by atoms with E-state index >= 15 is 0 Å². The average Bonchev–Trinajstić information content (AvgIpc) is 2.05. The maximum Gasteiger partial charge on any atom is 0.336 e. The van der Waals surface area contributed by atoms with E-state index in [4.69, 9.17) is 0 Å². The predicted molar refractivity (Wildman–Crippen MR) is 52.6 cm³/mol. The summed E-state index contributed by atoms with van der Waals surface area (Å²) in [6.07, 6.45) is 1.35. The van der Waals surface area contributed by atoms with Crippen LogP contribution in [0.5, 0.6) is 0 Å². The van der Waals surface area contributed by atoms with Crippen molar-refractivity contribution in [3.63, 3.8) is 0 Å². The zero-order valence-corrected chi connectivity index (χ0v) is 9.21. The van der Waals surface area contributed by atoms with Crippen LogP contribution < -0.4 is 5.32 Å². The molecule has 0 atom stereocenters. The predicted octanol–water partition coefficient (Wildman–Crippen LogP) is 1.05. The molecule has 14 heavy (non-hydrogen) atoms. The largest absolute Gasteiger partial charge is 0.336 e. The minimum Gasteiger partial charge on any atom is -0.317 e. The number of hydrogen-bond donors (Lipinski definition) is 1. The maximum absolute atomic E-state index is 12.0. The number of halogens is 3. The summed E-state index contributed by atoms with van der Waals surface area (Å²) in [4.78, 5) is 0. The second-order valence-corrected chi connectivity index (χ2v) is 5.30. The molecule has 1 N–H and O–H groups in total. The fourth-order valence-electron chi connectivity index (χ4n) is 1.45. The number of alkyl halides is 2. The molecular weight excluding hydrogens is 236 g/mol. The minimum atomic E-state index is -4.16. The van der Waals surface area contributed by atoms with Gasteiger partial charge >= 0.3 is 5.76 Å². The highest BCUT2D eigenvalue weighted by molar-refractivity contribution is 7.91. The fourth-order valence-corrected chi connectivity index (χ4v) is 2.59. The molecule has 0 amide bonds. The van der Waals surface area contributed by atoms with Gasteiger partial charge < -0.3 is 5.32 Å². The summed E-state index contributed by atoms with van der Waals surface area (Å²) in [5.41, 5.74) is 0. The normalized spacial score (nSPS) is 19.4. The first-order valence-corrected chi connectivity index (χ1v) is 5.94. The molecule has 0 saturated carbocycles. The molecule has 1 aliphatic heterocycles. The summed E-state index contributed by atoms with van der Waals surface area (Å²) in [6.45, 7) is 1.45. The number of piperidine rings is 1. The number of hydrogen-bond acceptors (Lipinski definition) is 3. The van der Waals surface area contributed by atoms with Crippen LogP contribution in [0.3, 0.4) is 0 Å². The van der Waals surface area contributed by atoms with Crippen molar-refractivity contribution in [2.24, 2.45) is 5.92 Å². The summed E-state index contributed by atoms with van der Waals surface area (Å²) in [7, 11) is -4.16. The van der Waals surface area contributed by atoms with Crippen LogP contribution in [0.25, 0.3) is 0 Å². The van der Waals surface area contributed by atoms with E-state index in [2.05, 4.69) is 5.32 Å². The van der Waals surface area contributed by atoms with E-state index in [1.54, 1.807) is 0 Å². The van der Waals surface area contributed by atoms with E-state index in [1.165, 1.54) is 0 Å². The van der Waals surface area contributed by atoms with Crippen molar-refractivity contribution in [1.82, 2.24) is 5.32 Å². The van der Waals surface area contributed by atoms with Crippen LogP contribution in [0.1, 0.15) is 12.8 Å². The van der Waals surface area contributed by atoms with E-state index in [1.807, 2.05) is 0 Å². The van der Waals surface area contributed by atoms with Crippen molar-refractivity contribution in [1.29, 1.82) is 0 Å². The lowest BCUT2D eigenvalue weighted by molar-refractivity contribution is 0.232. The van der Waals surface area contributed by atoms with Crippen LogP contribution in [-0.2, 0) is 9.84 Å². The third-order valence-corrected chi connectivity index (χ3v) is 3.68. The van der Waals surface area contributed by atoms with Crippen LogP contribution in [0.15, 0.2) is 0 Å². The molecule has 0 aromatic rings. The summed E-state index contributed by atoms with van der Waals surface area (Å²) in [6, 6.07) is 0. The van der Waals surface area contributed by atoms with Gasteiger partial charge in [0.15, 0.2) is 0 Å². The number of sulfone groups is 1. The Balaban J connectivity index is 0.00000169. The molecule has 1 heterocycles. The van der Waals surface area contributed by atoms with Gasteiger partial charge in [0.25, 0.3) is 0 Å². The first-order valence-electron chi connectivity index (χ1n) is 4.23. The van der Waals surface area contributed by atoms with Crippen molar-refractivity contribution in [2.75, 3.05) is 18.8 Å². The van der Waals surface area contributed by atoms with Gasteiger partial charge in [-0.05, 0) is 31.8 Å². The van der Waals surface area contributed by atoms with Crippen LogP contribution >= 0.6 is 12.4 Å². The van der Waals surface area contributed by atoms with Crippen LogP contribution in [-0.4, -0.2) is 33.0 Å². The molecule has 0 unspecified atom stereocenters. The van der Waals surface area contributed by atoms with Crippen LogP contribution in [0.2, 0.25) is 0 Å². The summed E-state index contributed by atoms with van der Waals surface area (Å²) < 4.78 is 45.6. The van der Waals surface area contributed by atoms with Gasteiger partial charge in [0.05, 0.1) is 5.75 Å². The highest BCUT2D eigenvalue weighted by Crippen LogP contribution is 2.17. The molecule has 7 heteroatoms. The molecule has 1 fully saturated rings. The summed E-state index contributed by atoms with van der Waals surface area (Å²) >= 11 is 0. The van der Waals surface area contributed by atoms with E-state index in [-0.39, 0.29) is 24.1 Å². The van der Waals surface area contributed by atoms with Crippen molar-refractivity contribution < 1.29 is 17.2 Å². The molecule has 3 nitrogen and oxygen atoms in total. The first kappa shape index (κ1) is 14.1. The summed E-state index contributed by atoms with van der Waals surface area (Å²) in [5, 5.41) is 3.05. The van der Waals surface area contributed by atoms with Gasteiger partial charge in [-0.1, -0.05) is 0 Å². The third kappa shape index (κ3) is 4.06. The molecule has 0 radical (unpaired) electrons. The lowest BCUT2D eigenvalue weighted by atomic mass is 10.0. The molecule has 0 aromatic carbocycles. The molecule has 0 aliphatic carbocycles. The maximum atomic E-state index is 12.0. The van der Waals surface area contributed by atoms with E-state index in [0.29, 0.717) is 12.8 Å². The zero-order chi connectivity index (χ0) is 9.90. The Labute approximate surface area is 88.6 Å². The molecule has 0 aromatic heterocycles. The minimum absolute atomic E-state index is 0. The topological polar surface area (TPSA) is 46.2 Å². The Hall–Kier alpha value is 0.0600. The van der Waals surface area contributed by atoms with Gasteiger partial charge in [-0.2, -0.15) is 8.78 Å². The Morgan fingerprint density at radius 2 is 1.79 bits per heavy atom. The molecule has 0 spiro atoms. The Morgan fingerprint density at radius 3 is 2.21 bits per heavy atom.